The van der Waals surface area contributed by atoms with Gasteiger partial charge in [-0.15, -0.1) is 0 Å². The van der Waals surface area contributed by atoms with Crippen LogP contribution in [-0.2, 0) is 0 Å². The first-order chi connectivity index (χ1) is 8.29. The van der Waals surface area contributed by atoms with Crippen LogP contribution in [0.15, 0.2) is 42.5 Å². The summed E-state index contributed by atoms with van der Waals surface area (Å²) in [7, 11) is 1.88. The maximum atomic E-state index is 5.90. The molecular formula is C14H14N2O. The maximum Gasteiger partial charge on any atom is 0.176 e. The Bertz CT molecular complexity index is 566. The van der Waals surface area contributed by atoms with Crippen LogP contribution in [-0.4, -0.2) is 7.05 Å². The highest BCUT2D eigenvalue weighted by Crippen LogP contribution is 2.41. The highest BCUT2D eigenvalue weighted by molar-refractivity contribution is 5.77. The number of fused-ring (bicyclic) bond motifs is 3. The van der Waals surface area contributed by atoms with Crippen LogP contribution in [0.5, 0.6) is 5.75 Å². The summed E-state index contributed by atoms with van der Waals surface area (Å²) in [6, 6.07) is 14.0. The summed E-state index contributed by atoms with van der Waals surface area (Å²) in [5.74, 6) is 0.907. The lowest BCUT2D eigenvalue weighted by Gasteiger charge is -2.28. The van der Waals surface area contributed by atoms with Crippen molar-refractivity contribution in [2.45, 2.75) is 6.23 Å². The molecule has 1 atom stereocenters. The van der Waals surface area contributed by atoms with Crippen LogP contribution in [0.4, 0.5) is 5.69 Å². The van der Waals surface area contributed by atoms with Crippen LogP contribution in [0.25, 0.3) is 11.1 Å². The minimum absolute atomic E-state index is 0.136. The summed E-state index contributed by atoms with van der Waals surface area (Å²) in [5.41, 5.74) is 9.98. The van der Waals surface area contributed by atoms with E-state index in [-0.39, 0.29) is 6.23 Å². The monoisotopic (exact) mass is 226 g/mol. The zero-order valence-corrected chi connectivity index (χ0v) is 9.60. The Labute approximate surface area is 100 Å². The first-order valence-corrected chi connectivity index (χ1v) is 5.62. The van der Waals surface area contributed by atoms with Gasteiger partial charge in [-0.25, -0.2) is 0 Å². The highest BCUT2D eigenvalue weighted by Gasteiger charge is 2.24. The first-order valence-electron chi connectivity index (χ1n) is 5.62. The predicted octanol–water partition coefficient (Wildman–Crippen LogP) is 2.55. The van der Waals surface area contributed by atoms with E-state index in [2.05, 4.69) is 17.4 Å². The average Bonchev–Trinajstić information content (AvgIpc) is 2.37. The summed E-state index contributed by atoms with van der Waals surface area (Å²) in [5, 5.41) is 3.15. The Kier molecular flexibility index (Phi) is 2.27. The number of nitrogens with one attached hydrogen (secondary N) is 1. The molecule has 17 heavy (non-hydrogen) atoms. The molecule has 0 saturated heterocycles. The summed E-state index contributed by atoms with van der Waals surface area (Å²) >= 11 is 0. The van der Waals surface area contributed by atoms with E-state index in [1.807, 2.05) is 37.4 Å². The van der Waals surface area contributed by atoms with Crippen molar-refractivity contribution < 1.29 is 4.74 Å². The number of hydrogen-bond donors (Lipinski definition) is 2. The lowest BCUT2D eigenvalue weighted by Crippen LogP contribution is -2.25. The molecular weight excluding hydrogens is 212 g/mol. The van der Waals surface area contributed by atoms with Gasteiger partial charge in [0.1, 0.15) is 5.75 Å². The number of para-hydroxylation sites is 1. The Morgan fingerprint density at radius 2 is 1.94 bits per heavy atom. The van der Waals surface area contributed by atoms with Crippen molar-refractivity contribution in [1.29, 1.82) is 0 Å². The quantitative estimate of drug-likeness (QED) is 0.735. The van der Waals surface area contributed by atoms with Gasteiger partial charge in [-0.2, -0.15) is 0 Å². The van der Waals surface area contributed by atoms with Crippen molar-refractivity contribution in [2.24, 2.45) is 0 Å². The fraction of sp³-hybridized carbons (Fsp3) is 0.143. The molecule has 3 rings (SSSR count). The maximum absolute atomic E-state index is 5.90. The summed E-state index contributed by atoms with van der Waals surface area (Å²) in [6.45, 7) is 0. The minimum Gasteiger partial charge on any atom is -0.470 e. The third-order valence-corrected chi connectivity index (χ3v) is 3.04. The van der Waals surface area contributed by atoms with Crippen molar-refractivity contribution >= 4 is 5.69 Å². The molecule has 3 N–H and O–H groups in total. The molecule has 3 nitrogen and oxygen atoms in total. The second-order valence-corrected chi connectivity index (χ2v) is 4.13. The molecule has 0 saturated carbocycles. The molecule has 1 aliphatic rings. The van der Waals surface area contributed by atoms with Gasteiger partial charge in [0.2, 0.25) is 0 Å². The summed E-state index contributed by atoms with van der Waals surface area (Å²) < 4.78 is 5.90. The second kappa shape index (κ2) is 3.79. The Balaban J connectivity index is 2.25. The zero-order valence-electron chi connectivity index (χ0n) is 9.60. The van der Waals surface area contributed by atoms with Gasteiger partial charge in [0.15, 0.2) is 6.23 Å². The normalized spacial score (nSPS) is 16.9. The van der Waals surface area contributed by atoms with E-state index in [1.54, 1.807) is 0 Å². The van der Waals surface area contributed by atoms with Crippen LogP contribution >= 0.6 is 0 Å². The van der Waals surface area contributed by atoms with Gasteiger partial charge in [0.25, 0.3) is 0 Å². The second-order valence-electron chi connectivity index (χ2n) is 4.13. The minimum atomic E-state index is -0.136. The molecule has 0 aliphatic carbocycles. The van der Waals surface area contributed by atoms with E-state index in [0.717, 1.165) is 22.6 Å². The molecule has 1 aliphatic heterocycles. The molecule has 0 amide bonds. The number of nitrogens with two attached hydrogens (primary N) is 1. The van der Waals surface area contributed by atoms with Gasteiger partial charge in [0, 0.05) is 16.8 Å². The molecule has 2 aromatic carbocycles. The van der Waals surface area contributed by atoms with Gasteiger partial charge >= 0.3 is 0 Å². The smallest absolute Gasteiger partial charge is 0.176 e. The van der Waals surface area contributed by atoms with E-state index >= 15 is 0 Å². The van der Waals surface area contributed by atoms with Gasteiger partial charge in [-0.3, -0.25) is 5.32 Å². The van der Waals surface area contributed by atoms with E-state index in [1.165, 1.54) is 5.56 Å². The SMILES string of the molecule is CNC1Oc2ccccc2-c2ccc(N)cc21. The van der Waals surface area contributed by atoms with Crippen LogP contribution in [0.3, 0.4) is 0 Å². The zero-order chi connectivity index (χ0) is 11.8. The highest BCUT2D eigenvalue weighted by atomic mass is 16.5. The van der Waals surface area contributed by atoms with Crippen LogP contribution < -0.4 is 15.8 Å². The molecule has 3 heteroatoms. The van der Waals surface area contributed by atoms with Crippen molar-refractivity contribution in [3.8, 4) is 16.9 Å². The predicted molar refractivity (Wildman–Crippen MR) is 68.7 cm³/mol. The fourth-order valence-corrected chi connectivity index (χ4v) is 2.24. The van der Waals surface area contributed by atoms with Crippen LogP contribution in [0.2, 0.25) is 0 Å². The van der Waals surface area contributed by atoms with Gasteiger partial charge in [-0.1, -0.05) is 24.3 Å². The van der Waals surface area contributed by atoms with Crippen LogP contribution in [0, 0.1) is 0 Å². The number of benzene rings is 2. The van der Waals surface area contributed by atoms with E-state index in [0.29, 0.717) is 0 Å². The van der Waals surface area contributed by atoms with Crippen molar-refractivity contribution in [3.63, 3.8) is 0 Å². The standard InChI is InChI=1S/C14H14N2O/c1-16-14-12-8-9(15)6-7-10(12)11-4-2-3-5-13(11)17-14/h2-8,14,16H,15H2,1H3. The molecule has 1 heterocycles. The van der Waals surface area contributed by atoms with E-state index in [9.17, 15) is 0 Å². The number of hydrogen-bond acceptors (Lipinski definition) is 3. The topological polar surface area (TPSA) is 47.3 Å². The molecule has 86 valence electrons. The van der Waals surface area contributed by atoms with Gasteiger partial charge in [0.05, 0.1) is 0 Å². The molecule has 0 aromatic heterocycles. The molecule has 0 spiro atoms. The molecule has 0 radical (unpaired) electrons. The first kappa shape index (κ1) is 10.2. The number of rotatable bonds is 1. The van der Waals surface area contributed by atoms with Gasteiger partial charge in [-0.05, 0) is 30.8 Å². The molecule has 0 fully saturated rings. The molecule has 1 unspecified atom stereocenters. The Morgan fingerprint density at radius 3 is 2.76 bits per heavy atom. The van der Waals surface area contributed by atoms with Crippen LogP contribution in [0.1, 0.15) is 11.8 Å². The third kappa shape index (κ3) is 1.56. The van der Waals surface area contributed by atoms with E-state index < -0.39 is 0 Å². The third-order valence-electron chi connectivity index (χ3n) is 3.04. The number of ether oxygens (including phenoxy) is 1. The Hall–Kier alpha value is -2.00. The largest absolute Gasteiger partial charge is 0.470 e. The van der Waals surface area contributed by atoms with Crippen molar-refractivity contribution in [2.75, 3.05) is 12.8 Å². The average molecular weight is 226 g/mol. The van der Waals surface area contributed by atoms with E-state index in [4.69, 9.17) is 10.5 Å². The van der Waals surface area contributed by atoms with Crippen molar-refractivity contribution in [3.05, 3.63) is 48.0 Å². The fourth-order valence-electron chi connectivity index (χ4n) is 2.24. The summed E-state index contributed by atoms with van der Waals surface area (Å²) in [4.78, 5) is 0. The number of nitrogen functional groups attached to an aromatic ring is 1. The Morgan fingerprint density at radius 1 is 1.12 bits per heavy atom. The summed E-state index contributed by atoms with van der Waals surface area (Å²) in [6.07, 6.45) is -0.136. The lowest BCUT2D eigenvalue weighted by molar-refractivity contribution is 0.174. The lowest BCUT2D eigenvalue weighted by atomic mass is 9.95. The van der Waals surface area contributed by atoms with Gasteiger partial charge < -0.3 is 10.5 Å². The molecule has 2 aromatic rings. The molecule has 0 bridgehead atoms. The number of anilines is 1. The van der Waals surface area contributed by atoms with Crippen molar-refractivity contribution in [1.82, 2.24) is 5.32 Å².